The van der Waals surface area contributed by atoms with Crippen LogP contribution in [0.15, 0.2) is 34.7 Å². The normalized spacial score (nSPS) is 15.4. The van der Waals surface area contributed by atoms with Crippen molar-refractivity contribution in [3.8, 4) is 16.4 Å². The predicted molar refractivity (Wildman–Crippen MR) is 65.7 cm³/mol. The molecule has 0 atom stereocenters. The van der Waals surface area contributed by atoms with E-state index in [9.17, 15) is 5.11 Å². The van der Waals surface area contributed by atoms with E-state index in [0.29, 0.717) is 5.76 Å². The molecule has 3 nitrogen and oxygen atoms in total. The first-order valence-corrected chi connectivity index (χ1v) is 6.60. The molecule has 2 aromatic rings. The van der Waals surface area contributed by atoms with Crippen LogP contribution in [0.4, 0.5) is 0 Å². The molecular weight excluding hydrogens is 234 g/mol. The van der Waals surface area contributed by atoms with Gasteiger partial charge in [-0.05, 0) is 11.3 Å². The Bertz CT molecular complexity index is 575. The Morgan fingerprint density at radius 2 is 1.82 bits per heavy atom. The maximum atomic E-state index is 11.9. The van der Waals surface area contributed by atoms with Gasteiger partial charge in [-0.15, -0.1) is 0 Å². The second kappa shape index (κ2) is 4.37. The summed E-state index contributed by atoms with van der Waals surface area (Å²) in [7, 11) is 0. The summed E-state index contributed by atoms with van der Waals surface area (Å²) in [5.74, 6) is 0.470. The van der Waals surface area contributed by atoms with Gasteiger partial charge in [0.05, 0.1) is 0 Å². The second-order valence-electron chi connectivity index (χ2n) is 4.15. The second-order valence-corrected chi connectivity index (χ2v) is 5.07. The molecule has 1 aromatic carbocycles. The Balaban J connectivity index is 2.11. The van der Waals surface area contributed by atoms with Crippen LogP contribution < -0.4 is 14.5 Å². The molecule has 3 rings (SSSR count). The van der Waals surface area contributed by atoms with Gasteiger partial charge in [-0.1, -0.05) is 30.3 Å². The third kappa shape index (κ3) is 2.00. The van der Waals surface area contributed by atoms with Gasteiger partial charge in [0.1, 0.15) is 18.8 Å². The van der Waals surface area contributed by atoms with Crippen molar-refractivity contribution in [3.05, 3.63) is 35.2 Å². The van der Waals surface area contributed by atoms with Crippen molar-refractivity contribution in [2.75, 3.05) is 13.1 Å². The SMILES string of the molecule is [O-]c1sc(=[N+]2CCCC2)oc1-c1ccccc1. The molecule has 1 saturated heterocycles. The summed E-state index contributed by atoms with van der Waals surface area (Å²) >= 11 is 1.21. The van der Waals surface area contributed by atoms with Gasteiger partial charge in [0, 0.05) is 23.5 Å². The molecule has 0 unspecified atom stereocenters. The Kier molecular flexibility index (Phi) is 2.73. The lowest BCUT2D eigenvalue weighted by molar-refractivity contribution is -0.261. The van der Waals surface area contributed by atoms with Crippen molar-refractivity contribution in [3.63, 3.8) is 0 Å². The van der Waals surface area contributed by atoms with Gasteiger partial charge in [-0.25, -0.2) is 0 Å². The molecule has 0 aliphatic carbocycles. The highest BCUT2D eigenvalue weighted by Crippen LogP contribution is 2.28. The van der Waals surface area contributed by atoms with Gasteiger partial charge in [-0.3, -0.25) is 0 Å². The summed E-state index contributed by atoms with van der Waals surface area (Å²) in [6.07, 6.45) is 2.37. The molecule has 0 spiro atoms. The fourth-order valence-corrected chi connectivity index (χ4v) is 2.92. The average Bonchev–Trinajstić information content (AvgIpc) is 2.99. The summed E-state index contributed by atoms with van der Waals surface area (Å²) in [6.45, 7) is 2.00. The minimum atomic E-state index is 0.0121. The van der Waals surface area contributed by atoms with Crippen molar-refractivity contribution in [2.24, 2.45) is 0 Å². The molecule has 0 radical (unpaired) electrons. The van der Waals surface area contributed by atoms with Crippen LogP contribution in [0, 0.1) is 0 Å². The van der Waals surface area contributed by atoms with Crippen LogP contribution in [0.2, 0.25) is 0 Å². The first-order chi connectivity index (χ1) is 8.34. The molecule has 4 heteroatoms. The van der Waals surface area contributed by atoms with Crippen molar-refractivity contribution in [1.82, 2.24) is 4.58 Å². The Labute approximate surface area is 103 Å². The van der Waals surface area contributed by atoms with Crippen molar-refractivity contribution >= 4 is 11.3 Å². The third-order valence-corrected chi connectivity index (χ3v) is 3.84. The Hall–Kier alpha value is -1.55. The first-order valence-electron chi connectivity index (χ1n) is 5.79. The topological polar surface area (TPSA) is 39.2 Å². The van der Waals surface area contributed by atoms with Crippen LogP contribution in [0.5, 0.6) is 5.06 Å². The zero-order valence-electron chi connectivity index (χ0n) is 9.39. The summed E-state index contributed by atoms with van der Waals surface area (Å²) in [6, 6.07) is 9.57. The van der Waals surface area contributed by atoms with E-state index in [1.54, 1.807) is 0 Å². The summed E-state index contributed by atoms with van der Waals surface area (Å²) in [4.78, 5) is 0.756. The highest BCUT2D eigenvalue weighted by atomic mass is 32.1. The van der Waals surface area contributed by atoms with Gasteiger partial charge in [-0.2, -0.15) is 4.58 Å². The average molecular weight is 247 g/mol. The molecule has 17 heavy (non-hydrogen) atoms. The first kappa shape index (κ1) is 10.6. The van der Waals surface area contributed by atoms with E-state index in [1.807, 2.05) is 30.3 Å². The van der Waals surface area contributed by atoms with Crippen LogP contribution in [-0.2, 0) is 0 Å². The van der Waals surface area contributed by atoms with E-state index < -0.39 is 0 Å². The van der Waals surface area contributed by atoms with E-state index in [2.05, 4.69) is 4.58 Å². The zero-order valence-corrected chi connectivity index (χ0v) is 10.2. The molecule has 1 aliphatic rings. The van der Waals surface area contributed by atoms with Crippen LogP contribution in [0.1, 0.15) is 12.8 Å². The van der Waals surface area contributed by atoms with E-state index in [-0.39, 0.29) is 5.06 Å². The summed E-state index contributed by atoms with van der Waals surface area (Å²) in [5.41, 5.74) is 0.860. The standard InChI is InChI=1S/C13H13NO2S/c15-12-11(10-6-2-1-3-7-10)16-13(17-12)14-8-4-5-9-14/h1-3,6-7H,4-5,8-9H2. The summed E-state index contributed by atoms with van der Waals surface area (Å²) in [5, 5.41) is 11.9. The van der Waals surface area contributed by atoms with Gasteiger partial charge >= 0.3 is 4.87 Å². The molecule has 0 amide bonds. The number of rotatable bonds is 1. The van der Waals surface area contributed by atoms with E-state index >= 15 is 0 Å². The molecule has 2 heterocycles. The maximum Gasteiger partial charge on any atom is 0.429 e. The lowest BCUT2D eigenvalue weighted by Crippen LogP contribution is -2.23. The molecular formula is C13H13NO2S. The van der Waals surface area contributed by atoms with E-state index in [0.717, 1.165) is 23.5 Å². The number of benzene rings is 1. The molecule has 1 aliphatic heterocycles. The van der Waals surface area contributed by atoms with Gasteiger partial charge in [0.2, 0.25) is 0 Å². The maximum absolute atomic E-state index is 11.9. The van der Waals surface area contributed by atoms with E-state index in [1.165, 1.54) is 24.2 Å². The molecule has 0 N–H and O–H groups in total. The Morgan fingerprint density at radius 1 is 1.12 bits per heavy atom. The van der Waals surface area contributed by atoms with Crippen LogP contribution in [0.3, 0.4) is 0 Å². The summed E-state index contributed by atoms with van der Waals surface area (Å²) < 4.78 is 7.87. The number of hydrogen-bond donors (Lipinski definition) is 0. The Morgan fingerprint density at radius 3 is 2.53 bits per heavy atom. The molecule has 1 aromatic heterocycles. The van der Waals surface area contributed by atoms with E-state index in [4.69, 9.17) is 4.42 Å². The quantitative estimate of drug-likeness (QED) is 0.719. The smallest absolute Gasteiger partial charge is 0.429 e. The monoisotopic (exact) mass is 247 g/mol. The highest BCUT2D eigenvalue weighted by Gasteiger charge is 2.17. The minimum absolute atomic E-state index is 0.0121. The van der Waals surface area contributed by atoms with Crippen molar-refractivity contribution < 1.29 is 9.52 Å². The largest absolute Gasteiger partial charge is 0.862 e. The highest BCUT2D eigenvalue weighted by molar-refractivity contribution is 7.11. The number of nitrogens with zero attached hydrogens (tertiary/aromatic N) is 1. The molecule has 0 bridgehead atoms. The van der Waals surface area contributed by atoms with Crippen molar-refractivity contribution in [1.29, 1.82) is 0 Å². The lowest BCUT2D eigenvalue weighted by Gasteiger charge is -2.01. The molecule has 1 fully saturated rings. The van der Waals surface area contributed by atoms with Gasteiger partial charge < -0.3 is 9.52 Å². The lowest BCUT2D eigenvalue weighted by atomic mass is 10.2. The minimum Gasteiger partial charge on any atom is -0.862 e. The molecule has 88 valence electrons. The fraction of sp³-hybridized carbons (Fsp3) is 0.308. The van der Waals surface area contributed by atoms with Crippen molar-refractivity contribution in [2.45, 2.75) is 12.8 Å². The zero-order chi connectivity index (χ0) is 11.7. The van der Waals surface area contributed by atoms with Gasteiger partial charge in [0.25, 0.3) is 0 Å². The van der Waals surface area contributed by atoms with Crippen LogP contribution in [-0.4, -0.2) is 13.1 Å². The van der Waals surface area contributed by atoms with Crippen LogP contribution >= 0.6 is 11.3 Å². The predicted octanol–water partition coefficient (Wildman–Crippen LogP) is 1.65. The fourth-order valence-electron chi connectivity index (χ4n) is 2.07. The van der Waals surface area contributed by atoms with Gasteiger partial charge in [0.15, 0.2) is 0 Å². The van der Waals surface area contributed by atoms with Crippen LogP contribution in [0.25, 0.3) is 11.3 Å². The molecule has 0 saturated carbocycles. The third-order valence-electron chi connectivity index (χ3n) is 2.96. The number of hydrogen-bond acceptors (Lipinski definition) is 3.